The lowest BCUT2D eigenvalue weighted by Crippen LogP contribution is -2.46. The third kappa shape index (κ3) is 2.72. The Morgan fingerprint density at radius 2 is 1.95 bits per heavy atom. The van der Waals surface area contributed by atoms with E-state index in [4.69, 9.17) is 0 Å². The summed E-state index contributed by atoms with van der Waals surface area (Å²) < 4.78 is 0. The molecule has 0 radical (unpaired) electrons. The number of para-hydroxylation sites is 1. The summed E-state index contributed by atoms with van der Waals surface area (Å²) in [5, 5.41) is 8.89. The number of nitrogens with one attached hydrogen (secondary N) is 3. The molecule has 1 fully saturated rings. The summed E-state index contributed by atoms with van der Waals surface area (Å²) in [6, 6.07) is 10.0. The first-order valence-corrected chi connectivity index (χ1v) is 8.45. The van der Waals surface area contributed by atoms with E-state index in [1.165, 1.54) is 54.3 Å². The minimum atomic E-state index is 0.568. The van der Waals surface area contributed by atoms with Gasteiger partial charge in [0.2, 0.25) is 0 Å². The molecule has 1 aliphatic heterocycles. The van der Waals surface area contributed by atoms with E-state index >= 15 is 0 Å². The fraction of sp³-hybridized carbons (Fsp3) is 0.556. The lowest BCUT2D eigenvalue weighted by Gasteiger charge is -2.28. The van der Waals surface area contributed by atoms with Crippen molar-refractivity contribution < 1.29 is 0 Å². The van der Waals surface area contributed by atoms with Crippen LogP contribution in [0, 0.1) is 0 Å². The summed E-state index contributed by atoms with van der Waals surface area (Å²) in [4.78, 5) is 3.56. The van der Waals surface area contributed by atoms with Crippen LogP contribution < -0.4 is 10.6 Å². The van der Waals surface area contributed by atoms with Crippen molar-refractivity contribution in [2.75, 3.05) is 6.54 Å². The molecule has 0 amide bonds. The molecule has 4 rings (SSSR count). The van der Waals surface area contributed by atoms with E-state index in [9.17, 15) is 0 Å². The number of aromatic amines is 1. The predicted octanol–water partition coefficient (Wildman–Crippen LogP) is 3.10. The molecule has 1 aromatic carbocycles. The molecule has 1 aliphatic carbocycles. The fourth-order valence-electron chi connectivity index (χ4n) is 3.96. The van der Waals surface area contributed by atoms with Gasteiger partial charge in [-0.05, 0) is 30.9 Å². The number of rotatable bonds is 3. The van der Waals surface area contributed by atoms with E-state index in [-0.39, 0.29) is 0 Å². The lowest BCUT2D eigenvalue weighted by molar-refractivity contribution is 0.345. The molecule has 3 N–H and O–H groups in total. The van der Waals surface area contributed by atoms with Crippen molar-refractivity contribution in [2.24, 2.45) is 0 Å². The molecule has 0 spiro atoms. The second kappa shape index (κ2) is 5.82. The largest absolute Gasteiger partial charge is 0.357 e. The number of benzene rings is 1. The van der Waals surface area contributed by atoms with Crippen LogP contribution in [-0.4, -0.2) is 23.6 Å². The molecule has 1 atom stereocenters. The third-order valence-corrected chi connectivity index (χ3v) is 5.18. The Morgan fingerprint density at radius 1 is 1.10 bits per heavy atom. The number of hydrogen-bond acceptors (Lipinski definition) is 2. The normalized spacial score (nSPS) is 23.3. The molecule has 1 aromatic heterocycles. The van der Waals surface area contributed by atoms with E-state index in [2.05, 4.69) is 39.9 Å². The van der Waals surface area contributed by atoms with Gasteiger partial charge in [-0.25, -0.2) is 0 Å². The highest BCUT2D eigenvalue weighted by Gasteiger charge is 2.22. The fourth-order valence-corrected chi connectivity index (χ4v) is 3.96. The van der Waals surface area contributed by atoms with Gasteiger partial charge in [-0.3, -0.25) is 0 Å². The highest BCUT2D eigenvalue weighted by atomic mass is 15.0. The van der Waals surface area contributed by atoms with Crippen LogP contribution in [-0.2, 0) is 13.0 Å². The number of H-pyrrole nitrogens is 1. The van der Waals surface area contributed by atoms with Crippen LogP contribution in [0.3, 0.4) is 0 Å². The molecule has 0 unspecified atom stereocenters. The monoisotopic (exact) mass is 283 g/mol. The average Bonchev–Trinajstić information content (AvgIpc) is 2.92. The zero-order chi connectivity index (χ0) is 14.1. The maximum atomic E-state index is 3.79. The van der Waals surface area contributed by atoms with Gasteiger partial charge in [0.05, 0.1) is 0 Å². The van der Waals surface area contributed by atoms with Gasteiger partial charge in [-0.2, -0.15) is 0 Å². The SMILES string of the molecule is c1ccc2c3c([nH]c2c1)CN[C@@H](CNC1CCCCC1)C3. The lowest BCUT2D eigenvalue weighted by atomic mass is 9.94. The standard InChI is InChI=1S/C18H25N3/c1-2-6-13(7-3-1)19-11-14-10-16-15-8-4-5-9-17(15)21-18(16)12-20-14/h4-5,8-9,13-14,19-21H,1-3,6-7,10-12H2/t14-/m1/s1. The summed E-state index contributed by atoms with van der Waals surface area (Å²) in [5.41, 5.74) is 4.19. The third-order valence-electron chi connectivity index (χ3n) is 5.18. The van der Waals surface area contributed by atoms with Gasteiger partial charge in [-0.15, -0.1) is 0 Å². The van der Waals surface area contributed by atoms with Crippen LogP contribution in [0.5, 0.6) is 0 Å². The number of fused-ring (bicyclic) bond motifs is 3. The first kappa shape index (κ1) is 13.4. The summed E-state index contributed by atoms with van der Waals surface area (Å²) in [7, 11) is 0. The Hall–Kier alpha value is -1.32. The molecule has 112 valence electrons. The highest BCUT2D eigenvalue weighted by Crippen LogP contribution is 2.26. The van der Waals surface area contributed by atoms with Gasteiger partial charge in [-0.1, -0.05) is 37.5 Å². The first-order chi connectivity index (χ1) is 10.4. The molecule has 0 bridgehead atoms. The summed E-state index contributed by atoms with van der Waals surface area (Å²) >= 11 is 0. The van der Waals surface area contributed by atoms with Gasteiger partial charge in [0.1, 0.15) is 0 Å². The van der Waals surface area contributed by atoms with Crippen LogP contribution in [0.2, 0.25) is 0 Å². The predicted molar refractivity (Wildman–Crippen MR) is 87.5 cm³/mol. The van der Waals surface area contributed by atoms with E-state index in [1.54, 1.807) is 0 Å². The van der Waals surface area contributed by atoms with Gasteiger partial charge in [0, 0.05) is 41.8 Å². The number of hydrogen-bond donors (Lipinski definition) is 3. The molecule has 3 nitrogen and oxygen atoms in total. The Kier molecular flexibility index (Phi) is 3.70. The van der Waals surface area contributed by atoms with Crippen LogP contribution in [0.4, 0.5) is 0 Å². The van der Waals surface area contributed by atoms with Crippen molar-refractivity contribution in [1.82, 2.24) is 15.6 Å². The van der Waals surface area contributed by atoms with Crippen molar-refractivity contribution in [2.45, 2.75) is 57.2 Å². The van der Waals surface area contributed by atoms with Gasteiger partial charge in [0.15, 0.2) is 0 Å². The second-order valence-electron chi connectivity index (χ2n) is 6.65. The minimum absolute atomic E-state index is 0.568. The first-order valence-electron chi connectivity index (χ1n) is 8.45. The minimum Gasteiger partial charge on any atom is -0.357 e. The molecule has 21 heavy (non-hydrogen) atoms. The summed E-state index contributed by atoms with van der Waals surface area (Å²) in [6.45, 7) is 2.07. The van der Waals surface area contributed by atoms with Gasteiger partial charge in [0.25, 0.3) is 0 Å². The Bertz CT molecular complexity index is 610. The zero-order valence-corrected chi connectivity index (χ0v) is 12.6. The maximum Gasteiger partial charge on any atom is 0.0459 e. The Balaban J connectivity index is 1.43. The molecule has 2 heterocycles. The highest BCUT2D eigenvalue weighted by molar-refractivity contribution is 5.84. The molecule has 3 heteroatoms. The van der Waals surface area contributed by atoms with Gasteiger partial charge < -0.3 is 15.6 Å². The topological polar surface area (TPSA) is 39.9 Å². The van der Waals surface area contributed by atoms with E-state index in [0.29, 0.717) is 6.04 Å². The van der Waals surface area contributed by atoms with E-state index < -0.39 is 0 Å². The van der Waals surface area contributed by atoms with E-state index in [0.717, 1.165) is 25.6 Å². The molecular formula is C18H25N3. The van der Waals surface area contributed by atoms with Crippen LogP contribution >= 0.6 is 0 Å². The Morgan fingerprint density at radius 3 is 2.86 bits per heavy atom. The summed E-state index contributed by atoms with van der Waals surface area (Å²) in [6.07, 6.45) is 8.11. The maximum absolute atomic E-state index is 3.79. The van der Waals surface area contributed by atoms with Crippen molar-refractivity contribution in [3.8, 4) is 0 Å². The van der Waals surface area contributed by atoms with Crippen molar-refractivity contribution in [3.05, 3.63) is 35.5 Å². The van der Waals surface area contributed by atoms with Crippen LogP contribution in [0.25, 0.3) is 10.9 Å². The second-order valence-corrected chi connectivity index (χ2v) is 6.65. The Labute approximate surface area is 126 Å². The van der Waals surface area contributed by atoms with Crippen molar-refractivity contribution in [3.63, 3.8) is 0 Å². The smallest absolute Gasteiger partial charge is 0.0459 e. The quantitative estimate of drug-likeness (QED) is 0.810. The van der Waals surface area contributed by atoms with Crippen LogP contribution in [0.15, 0.2) is 24.3 Å². The molecule has 0 saturated heterocycles. The molecule has 2 aromatic rings. The zero-order valence-electron chi connectivity index (χ0n) is 12.6. The van der Waals surface area contributed by atoms with Gasteiger partial charge >= 0.3 is 0 Å². The summed E-state index contributed by atoms with van der Waals surface area (Å²) in [5.74, 6) is 0. The van der Waals surface area contributed by atoms with E-state index in [1.807, 2.05) is 0 Å². The van der Waals surface area contributed by atoms with Crippen LogP contribution in [0.1, 0.15) is 43.4 Å². The molecule has 2 aliphatic rings. The van der Waals surface area contributed by atoms with Crippen molar-refractivity contribution in [1.29, 1.82) is 0 Å². The average molecular weight is 283 g/mol. The number of aromatic nitrogens is 1. The molecule has 1 saturated carbocycles. The molecular weight excluding hydrogens is 258 g/mol. The van der Waals surface area contributed by atoms with Crippen molar-refractivity contribution >= 4 is 10.9 Å².